The van der Waals surface area contributed by atoms with E-state index in [0.29, 0.717) is 11.8 Å². The minimum atomic E-state index is -0.416. The smallest absolute Gasteiger partial charge is 0.0830 e. The van der Waals surface area contributed by atoms with E-state index in [2.05, 4.69) is 84.0 Å². The zero-order valence-corrected chi connectivity index (χ0v) is 19.3. The van der Waals surface area contributed by atoms with Crippen molar-refractivity contribution < 1.29 is 5.11 Å². The highest BCUT2D eigenvalue weighted by Crippen LogP contribution is 2.49. The molecule has 1 aliphatic rings. The van der Waals surface area contributed by atoms with Gasteiger partial charge >= 0.3 is 0 Å². The van der Waals surface area contributed by atoms with Crippen LogP contribution in [0.5, 0.6) is 0 Å². The van der Waals surface area contributed by atoms with E-state index >= 15 is 0 Å². The summed E-state index contributed by atoms with van der Waals surface area (Å²) in [4.78, 5) is 0. The van der Waals surface area contributed by atoms with Crippen molar-refractivity contribution in [2.45, 2.75) is 85.7 Å². The van der Waals surface area contributed by atoms with Gasteiger partial charge in [-0.1, -0.05) is 103 Å². The lowest BCUT2D eigenvalue weighted by molar-refractivity contribution is 0.0208. The molecule has 0 saturated carbocycles. The third-order valence-electron chi connectivity index (χ3n) is 8.21. The highest BCUT2D eigenvalue weighted by Gasteiger charge is 2.39. The molecule has 4 atom stereocenters. The minimum Gasteiger partial charge on any atom is -0.388 e. The van der Waals surface area contributed by atoms with Crippen molar-refractivity contribution in [3.63, 3.8) is 0 Å². The zero-order chi connectivity index (χ0) is 21.2. The summed E-state index contributed by atoms with van der Waals surface area (Å²) < 4.78 is 0. The van der Waals surface area contributed by atoms with Crippen molar-refractivity contribution in [1.82, 2.24) is 0 Å². The maximum absolute atomic E-state index is 11.6. The molecule has 0 amide bonds. The van der Waals surface area contributed by atoms with Crippen molar-refractivity contribution >= 4 is 0 Å². The molecular formula is C28H40O. The van der Waals surface area contributed by atoms with Gasteiger partial charge in [0.1, 0.15) is 0 Å². The highest BCUT2D eigenvalue weighted by molar-refractivity contribution is 5.73. The molecule has 29 heavy (non-hydrogen) atoms. The van der Waals surface area contributed by atoms with Crippen molar-refractivity contribution in [2.24, 2.45) is 17.3 Å². The van der Waals surface area contributed by atoms with Crippen LogP contribution in [0.1, 0.15) is 95.9 Å². The third-order valence-corrected chi connectivity index (χ3v) is 8.21. The van der Waals surface area contributed by atoms with E-state index in [1.54, 1.807) is 0 Å². The Balaban J connectivity index is 2.12. The van der Waals surface area contributed by atoms with Gasteiger partial charge in [-0.25, -0.2) is 0 Å². The van der Waals surface area contributed by atoms with Gasteiger partial charge in [0.25, 0.3) is 0 Å². The number of hydrogen-bond donors (Lipinski definition) is 1. The molecule has 1 N–H and O–H groups in total. The first-order valence-electron chi connectivity index (χ1n) is 11.8. The van der Waals surface area contributed by atoms with Crippen LogP contribution >= 0.6 is 0 Å². The maximum atomic E-state index is 11.6. The lowest BCUT2D eigenvalue weighted by Crippen LogP contribution is -2.34. The van der Waals surface area contributed by atoms with E-state index in [4.69, 9.17) is 0 Å². The SMILES string of the molecule is CCCC(C)c1ccc2c(c1)-c1ccccc1C[C@H]([C@H](C)C(C)(CC)CC)C2O. The van der Waals surface area contributed by atoms with Crippen LogP contribution in [0, 0.1) is 17.3 Å². The molecule has 1 aliphatic carbocycles. The van der Waals surface area contributed by atoms with Gasteiger partial charge in [0.2, 0.25) is 0 Å². The predicted molar refractivity (Wildman–Crippen MR) is 125 cm³/mol. The van der Waals surface area contributed by atoms with Crippen molar-refractivity contribution in [2.75, 3.05) is 0 Å². The van der Waals surface area contributed by atoms with Gasteiger partial charge in [0.05, 0.1) is 6.10 Å². The number of rotatable bonds is 7. The summed E-state index contributed by atoms with van der Waals surface area (Å²) in [6.07, 6.45) is 5.23. The molecule has 0 bridgehead atoms. The molecule has 0 radical (unpaired) electrons. The van der Waals surface area contributed by atoms with E-state index in [1.165, 1.54) is 35.1 Å². The first kappa shape index (κ1) is 22.1. The summed E-state index contributed by atoms with van der Waals surface area (Å²) in [5.41, 5.74) is 6.71. The van der Waals surface area contributed by atoms with Crippen LogP contribution in [0.4, 0.5) is 0 Å². The van der Waals surface area contributed by atoms with Crippen LogP contribution in [0.15, 0.2) is 42.5 Å². The fraction of sp³-hybridized carbons (Fsp3) is 0.571. The molecule has 2 unspecified atom stereocenters. The second-order valence-corrected chi connectivity index (χ2v) is 9.66. The average molecular weight is 393 g/mol. The fourth-order valence-corrected chi connectivity index (χ4v) is 5.39. The molecule has 1 heteroatoms. The molecule has 0 aromatic heterocycles. The summed E-state index contributed by atoms with van der Waals surface area (Å²) in [7, 11) is 0. The normalized spacial score (nSPS) is 21.1. The van der Waals surface area contributed by atoms with E-state index in [0.717, 1.165) is 24.8 Å². The Morgan fingerprint density at radius 3 is 2.34 bits per heavy atom. The first-order chi connectivity index (χ1) is 13.9. The number of fused-ring (bicyclic) bond motifs is 3. The van der Waals surface area contributed by atoms with Crippen molar-refractivity contribution in [3.8, 4) is 11.1 Å². The predicted octanol–water partition coefficient (Wildman–Crippen LogP) is 7.93. The lowest BCUT2D eigenvalue weighted by Gasteiger charge is -2.41. The van der Waals surface area contributed by atoms with Crippen LogP contribution in [-0.2, 0) is 6.42 Å². The Morgan fingerprint density at radius 1 is 1.00 bits per heavy atom. The number of benzene rings is 2. The summed E-state index contributed by atoms with van der Waals surface area (Å²) in [5.74, 6) is 1.24. The van der Waals surface area contributed by atoms with Crippen LogP contribution in [0.25, 0.3) is 11.1 Å². The van der Waals surface area contributed by atoms with Crippen LogP contribution in [-0.4, -0.2) is 5.11 Å². The first-order valence-corrected chi connectivity index (χ1v) is 11.8. The Labute approximate surface area is 178 Å². The van der Waals surface area contributed by atoms with Gasteiger partial charge in [-0.2, -0.15) is 0 Å². The molecule has 2 aromatic rings. The number of aliphatic hydroxyl groups excluding tert-OH is 1. The average Bonchev–Trinajstić information content (AvgIpc) is 2.87. The molecule has 1 nitrogen and oxygen atoms in total. The summed E-state index contributed by atoms with van der Waals surface area (Å²) >= 11 is 0. The van der Waals surface area contributed by atoms with Gasteiger partial charge < -0.3 is 5.11 Å². The molecule has 158 valence electrons. The minimum absolute atomic E-state index is 0.237. The monoisotopic (exact) mass is 392 g/mol. The molecule has 3 rings (SSSR count). The van der Waals surface area contributed by atoms with Gasteiger partial charge in [-0.15, -0.1) is 0 Å². The van der Waals surface area contributed by atoms with E-state index < -0.39 is 6.10 Å². The van der Waals surface area contributed by atoms with Crippen LogP contribution < -0.4 is 0 Å². The highest BCUT2D eigenvalue weighted by atomic mass is 16.3. The zero-order valence-electron chi connectivity index (χ0n) is 19.3. The summed E-state index contributed by atoms with van der Waals surface area (Å²) in [6.45, 7) is 13.9. The second-order valence-electron chi connectivity index (χ2n) is 9.66. The molecule has 0 fully saturated rings. The van der Waals surface area contributed by atoms with Gasteiger partial charge in [0, 0.05) is 0 Å². The second kappa shape index (κ2) is 9.04. The molecule has 0 spiro atoms. The number of aliphatic hydroxyl groups is 1. The quantitative estimate of drug-likeness (QED) is 0.507. The van der Waals surface area contributed by atoms with Crippen LogP contribution in [0.3, 0.4) is 0 Å². The standard InChI is InChI=1S/C28H40O/c1-7-12-19(4)21-15-16-24-26(17-21)23-14-11-10-13-22(23)18-25(27(24)29)20(5)28(6,8-2)9-3/h10-11,13-17,19-20,25,27,29H,7-9,12,18H2,1-6H3/t19?,20-,25+,27?/m0/s1. The summed E-state index contributed by atoms with van der Waals surface area (Å²) in [5, 5.41) is 11.6. The van der Waals surface area contributed by atoms with Gasteiger partial charge in [-0.3, -0.25) is 0 Å². The Hall–Kier alpha value is -1.60. The third kappa shape index (κ3) is 4.17. The van der Waals surface area contributed by atoms with E-state index in [1.807, 2.05) is 0 Å². The Morgan fingerprint density at radius 2 is 1.69 bits per heavy atom. The summed E-state index contributed by atoms with van der Waals surface area (Å²) in [6, 6.07) is 15.7. The fourth-order valence-electron chi connectivity index (χ4n) is 5.39. The number of hydrogen-bond acceptors (Lipinski definition) is 1. The maximum Gasteiger partial charge on any atom is 0.0830 e. The molecule has 2 aromatic carbocycles. The largest absolute Gasteiger partial charge is 0.388 e. The van der Waals surface area contributed by atoms with E-state index in [-0.39, 0.29) is 11.3 Å². The topological polar surface area (TPSA) is 20.2 Å². The molecule has 0 aliphatic heterocycles. The molecule has 0 heterocycles. The Kier molecular flexibility index (Phi) is 6.89. The van der Waals surface area contributed by atoms with Crippen LogP contribution in [0.2, 0.25) is 0 Å². The Bertz CT molecular complexity index is 817. The molecular weight excluding hydrogens is 352 g/mol. The van der Waals surface area contributed by atoms with Crippen molar-refractivity contribution in [3.05, 3.63) is 59.2 Å². The van der Waals surface area contributed by atoms with Gasteiger partial charge in [0.15, 0.2) is 0 Å². The van der Waals surface area contributed by atoms with E-state index in [9.17, 15) is 5.11 Å². The molecule has 0 saturated heterocycles. The van der Waals surface area contributed by atoms with Gasteiger partial charge in [-0.05, 0) is 63.8 Å². The van der Waals surface area contributed by atoms with Crippen molar-refractivity contribution in [1.29, 1.82) is 0 Å². The lowest BCUT2D eigenvalue weighted by atomic mass is 9.65.